The Balaban J connectivity index is 1.41. The molecule has 2 aromatic carbocycles. The van der Waals surface area contributed by atoms with Gasteiger partial charge in [-0.25, -0.2) is 0 Å². The predicted molar refractivity (Wildman–Crippen MR) is 122 cm³/mol. The first kappa shape index (κ1) is 20.4. The highest BCUT2D eigenvalue weighted by atomic mass is 35.5. The lowest BCUT2D eigenvalue weighted by Gasteiger charge is -2.30. The fraction of sp³-hybridized carbons (Fsp3) is 0.292. The standard InChI is InChI=1S/C24H25ClN4O/c1-17-11-13-29(14-12-17)23-10-9-22(27-28-23)19-3-2-4-21(16-19)26-24(30)15-18-5-7-20(25)8-6-18/h2-10,16-17H,11-15H2,1H3,(H,26,30). The monoisotopic (exact) mass is 420 g/mol. The Morgan fingerprint density at radius 3 is 2.53 bits per heavy atom. The van der Waals surface area contributed by atoms with Crippen molar-refractivity contribution in [2.45, 2.75) is 26.2 Å². The molecular formula is C24H25ClN4O. The number of piperidine rings is 1. The predicted octanol–water partition coefficient (Wildman–Crippen LogP) is 5.21. The third kappa shape index (κ3) is 5.16. The highest BCUT2D eigenvalue weighted by Gasteiger charge is 2.17. The van der Waals surface area contributed by atoms with Gasteiger partial charge in [-0.1, -0.05) is 42.8 Å². The van der Waals surface area contributed by atoms with Crippen LogP contribution in [-0.4, -0.2) is 29.2 Å². The SMILES string of the molecule is CC1CCN(c2ccc(-c3cccc(NC(=O)Cc4ccc(Cl)cc4)c3)nn2)CC1. The lowest BCUT2D eigenvalue weighted by Crippen LogP contribution is -2.33. The number of carbonyl (C=O) groups is 1. The highest BCUT2D eigenvalue weighted by Crippen LogP contribution is 2.24. The molecule has 1 aliphatic heterocycles. The number of amides is 1. The Morgan fingerprint density at radius 2 is 1.83 bits per heavy atom. The van der Waals surface area contributed by atoms with E-state index in [9.17, 15) is 4.79 Å². The second kappa shape index (κ2) is 9.26. The van der Waals surface area contributed by atoms with Crippen molar-refractivity contribution >= 4 is 29.0 Å². The zero-order chi connectivity index (χ0) is 20.9. The smallest absolute Gasteiger partial charge is 0.228 e. The van der Waals surface area contributed by atoms with Gasteiger partial charge in [0.2, 0.25) is 5.91 Å². The molecule has 0 saturated carbocycles. The van der Waals surface area contributed by atoms with Crippen LogP contribution < -0.4 is 10.2 Å². The van der Waals surface area contributed by atoms with Crippen LogP contribution in [0, 0.1) is 5.92 Å². The van der Waals surface area contributed by atoms with Crippen LogP contribution in [0.2, 0.25) is 5.02 Å². The molecule has 1 saturated heterocycles. The average Bonchev–Trinajstić information content (AvgIpc) is 2.76. The number of nitrogens with zero attached hydrogens (tertiary/aromatic N) is 3. The van der Waals surface area contributed by atoms with Crippen molar-refractivity contribution in [3.63, 3.8) is 0 Å². The van der Waals surface area contributed by atoms with Crippen LogP contribution in [-0.2, 0) is 11.2 Å². The Hall–Kier alpha value is -2.92. The van der Waals surface area contributed by atoms with Gasteiger partial charge in [0.1, 0.15) is 0 Å². The molecular weight excluding hydrogens is 396 g/mol. The van der Waals surface area contributed by atoms with Crippen LogP contribution in [0.3, 0.4) is 0 Å². The van der Waals surface area contributed by atoms with Gasteiger partial charge in [-0.05, 0) is 60.7 Å². The molecule has 154 valence electrons. The number of hydrogen-bond donors (Lipinski definition) is 1. The van der Waals surface area contributed by atoms with Crippen LogP contribution in [0.5, 0.6) is 0 Å². The van der Waals surface area contributed by atoms with Gasteiger partial charge in [0.15, 0.2) is 5.82 Å². The maximum Gasteiger partial charge on any atom is 0.228 e. The molecule has 0 bridgehead atoms. The number of anilines is 2. The van der Waals surface area contributed by atoms with Crippen molar-refractivity contribution in [1.29, 1.82) is 0 Å². The topological polar surface area (TPSA) is 58.1 Å². The molecule has 30 heavy (non-hydrogen) atoms. The summed E-state index contributed by atoms with van der Waals surface area (Å²) in [6.07, 6.45) is 2.69. The molecule has 0 unspecified atom stereocenters. The van der Waals surface area contributed by atoms with Gasteiger partial charge in [-0.2, -0.15) is 0 Å². The minimum Gasteiger partial charge on any atom is -0.355 e. The van der Waals surface area contributed by atoms with Crippen LogP contribution >= 0.6 is 11.6 Å². The molecule has 0 atom stereocenters. The van der Waals surface area contributed by atoms with Gasteiger partial charge >= 0.3 is 0 Å². The van der Waals surface area contributed by atoms with E-state index in [1.165, 1.54) is 12.8 Å². The summed E-state index contributed by atoms with van der Waals surface area (Å²) in [5.41, 5.74) is 3.37. The molecule has 0 aliphatic carbocycles. The molecule has 1 fully saturated rings. The molecule has 1 aliphatic rings. The summed E-state index contributed by atoms with van der Waals surface area (Å²) < 4.78 is 0. The van der Waals surface area contributed by atoms with Crippen molar-refractivity contribution in [1.82, 2.24) is 10.2 Å². The first-order valence-corrected chi connectivity index (χ1v) is 10.7. The lowest BCUT2D eigenvalue weighted by atomic mass is 9.99. The van der Waals surface area contributed by atoms with E-state index in [0.717, 1.165) is 47.3 Å². The number of halogens is 1. The molecule has 4 rings (SSSR count). The van der Waals surface area contributed by atoms with E-state index in [2.05, 4.69) is 27.3 Å². The quantitative estimate of drug-likeness (QED) is 0.615. The minimum absolute atomic E-state index is 0.0739. The number of benzene rings is 2. The van der Waals surface area contributed by atoms with Crippen LogP contribution in [0.25, 0.3) is 11.3 Å². The summed E-state index contributed by atoms with van der Waals surface area (Å²) in [7, 11) is 0. The third-order valence-electron chi connectivity index (χ3n) is 5.48. The van der Waals surface area contributed by atoms with Gasteiger partial charge < -0.3 is 10.2 Å². The third-order valence-corrected chi connectivity index (χ3v) is 5.73. The molecule has 2 heterocycles. The van der Waals surface area contributed by atoms with Gasteiger partial charge in [-0.15, -0.1) is 10.2 Å². The van der Waals surface area contributed by atoms with Crippen molar-refractivity contribution in [2.75, 3.05) is 23.3 Å². The largest absolute Gasteiger partial charge is 0.355 e. The van der Waals surface area contributed by atoms with E-state index in [-0.39, 0.29) is 5.91 Å². The van der Waals surface area contributed by atoms with Gasteiger partial charge in [-0.3, -0.25) is 4.79 Å². The Kier molecular flexibility index (Phi) is 6.29. The maximum absolute atomic E-state index is 12.4. The number of carbonyl (C=O) groups excluding carboxylic acids is 1. The van der Waals surface area contributed by atoms with Crippen molar-refractivity contribution in [3.05, 3.63) is 71.2 Å². The van der Waals surface area contributed by atoms with Crippen molar-refractivity contribution < 1.29 is 4.79 Å². The Labute approximate surface area is 182 Å². The zero-order valence-electron chi connectivity index (χ0n) is 17.0. The Bertz CT molecular complexity index is 996. The first-order chi connectivity index (χ1) is 14.6. The van der Waals surface area contributed by atoms with Gasteiger partial charge in [0.05, 0.1) is 12.1 Å². The molecule has 1 N–H and O–H groups in total. The number of aromatic nitrogens is 2. The van der Waals surface area contributed by atoms with E-state index in [0.29, 0.717) is 11.4 Å². The summed E-state index contributed by atoms with van der Waals surface area (Å²) in [6.45, 7) is 4.36. The number of rotatable bonds is 5. The molecule has 3 aromatic rings. The molecule has 1 amide bonds. The van der Waals surface area contributed by atoms with Crippen molar-refractivity contribution in [3.8, 4) is 11.3 Å². The minimum atomic E-state index is -0.0739. The second-order valence-electron chi connectivity index (χ2n) is 7.88. The maximum atomic E-state index is 12.4. The van der Waals surface area contributed by atoms with E-state index < -0.39 is 0 Å². The summed E-state index contributed by atoms with van der Waals surface area (Å²) >= 11 is 5.90. The van der Waals surface area contributed by atoms with Crippen LogP contribution in [0.15, 0.2) is 60.7 Å². The highest BCUT2D eigenvalue weighted by molar-refractivity contribution is 6.30. The number of hydrogen-bond acceptors (Lipinski definition) is 4. The molecule has 0 radical (unpaired) electrons. The molecule has 5 nitrogen and oxygen atoms in total. The number of nitrogens with one attached hydrogen (secondary N) is 1. The summed E-state index contributed by atoms with van der Waals surface area (Å²) in [5, 5.41) is 12.5. The summed E-state index contributed by atoms with van der Waals surface area (Å²) in [4.78, 5) is 14.7. The van der Waals surface area contributed by atoms with E-state index in [4.69, 9.17) is 11.6 Å². The van der Waals surface area contributed by atoms with E-state index in [1.807, 2.05) is 48.5 Å². The molecule has 0 spiro atoms. The van der Waals surface area contributed by atoms with Crippen LogP contribution in [0.4, 0.5) is 11.5 Å². The van der Waals surface area contributed by atoms with E-state index >= 15 is 0 Å². The lowest BCUT2D eigenvalue weighted by molar-refractivity contribution is -0.115. The molecule has 6 heteroatoms. The zero-order valence-corrected chi connectivity index (χ0v) is 17.8. The summed E-state index contributed by atoms with van der Waals surface area (Å²) in [5.74, 6) is 1.64. The second-order valence-corrected chi connectivity index (χ2v) is 8.32. The van der Waals surface area contributed by atoms with Crippen molar-refractivity contribution in [2.24, 2.45) is 5.92 Å². The Morgan fingerprint density at radius 1 is 1.07 bits per heavy atom. The summed E-state index contributed by atoms with van der Waals surface area (Å²) in [6, 6.07) is 19.0. The fourth-order valence-corrected chi connectivity index (χ4v) is 3.76. The van der Waals surface area contributed by atoms with Gasteiger partial charge in [0.25, 0.3) is 0 Å². The molecule has 1 aromatic heterocycles. The normalized spacial score (nSPS) is 14.5. The average molecular weight is 421 g/mol. The van der Waals surface area contributed by atoms with Gasteiger partial charge in [0, 0.05) is 29.4 Å². The first-order valence-electron chi connectivity index (χ1n) is 10.3. The van der Waals surface area contributed by atoms with E-state index in [1.54, 1.807) is 12.1 Å². The van der Waals surface area contributed by atoms with Crippen LogP contribution in [0.1, 0.15) is 25.3 Å². The fourth-order valence-electron chi connectivity index (χ4n) is 3.63.